The van der Waals surface area contributed by atoms with Crippen molar-refractivity contribution in [2.45, 2.75) is 31.1 Å². The molecule has 0 aromatic heterocycles. The molecule has 0 radical (unpaired) electrons. The largest absolute Gasteiger partial charge is 0.480 e. The van der Waals surface area contributed by atoms with E-state index in [0.29, 0.717) is 25.9 Å². The van der Waals surface area contributed by atoms with Gasteiger partial charge in [0.05, 0.1) is 0 Å². The van der Waals surface area contributed by atoms with Crippen LogP contribution >= 0.6 is 0 Å². The quantitative estimate of drug-likeness (QED) is 0.747. The molecule has 98 valence electrons. The summed E-state index contributed by atoms with van der Waals surface area (Å²) in [5.41, 5.74) is 0. The first-order valence-corrected chi connectivity index (χ1v) is 7.15. The molecule has 2 amide bonds. The van der Waals surface area contributed by atoms with Crippen molar-refractivity contribution < 1.29 is 18.9 Å². The summed E-state index contributed by atoms with van der Waals surface area (Å²) in [6.07, 6.45) is 2.78. The summed E-state index contributed by atoms with van der Waals surface area (Å²) >= 11 is 0. The van der Waals surface area contributed by atoms with Gasteiger partial charge >= 0.3 is 12.0 Å². The van der Waals surface area contributed by atoms with Gasteiger partial charge in [0.15, 0.2) is 0 Å². The standard InChI is InChI=1S/C10H18N2O4S/c1-7(17(2)16)6-11-10(15)12-5-3-4-8(12)9(13)14/h7-8H,3-6H2,1-2H3,(H,11,15)(H,13,14)/t7?,8-,17?/m0/s1. The van der Waals surface area contributed by atoms with Crippen molar-refractivity contribution in [1.82, 2.24) is 10.2 Å². The van der Waals surface area contributed by atoms with Crippen LogP contribution in [0.25, 0.3) is 0 Å². The monoisotopic (exact) mass is 262 g/mol. The van der Waals surface area contributed by atoms with Crippen LogP contribution in [-0.4, -0.2) is 56.9 Å². The SMILES string of the molecule is CC(CNC(=O)N1CCC[C@H]1C(=O)O)S(C)=O. The molecule has 0 aromatic carbocycles. The molecule has 1 heterocycles. The maximum atomic E-state index is 11.7. The van der Waals surface area contributed by atoms with E-state index in [1.165, 1.54) is 4.90 Å². The number of likely N-dealkylation sites (tertiary alicyclic amines) is 1. The van der Waals surface area contributed by atoms with Crippen molar-refractivity contribution in [2.75, 3.05) is 19.3 Å². The Bertz CT molecular complexity index is 334. The van der Waals surface area contributed by atoms with Crippen LogP contribution in [0.4, 0.5) is 4.79 Å². The predicted molar refractivity (Wildman–Crippen MR) is 64.3 cm³/mol. The van der Waals surface area contributed by atoms with Gasteiger partial charge in [0, 0.05) is 35.4 Å². The molecular formula is C10H18N2O4S. The molecule has 0 bridgehead atoms. The van der Waals surface area contributed by atoms with E-state index in [2.05, 4.69) is 5.32 Å². The molecule has 17 heavy (non-hydrogen) atoms. The number of hydrogen-bond acceptors (Lipinski definition) is 3. The first kappa shape index (κ1) is 14.0. The number of hydrogen-bond donors (Lipinski definition) is 2. The zero-order valence-corrected chi connectivity index (χ0v) is 10.8. The fourth-order valence-corrected chi connectivity index (χ4v) is 2.03. The second kappa shape index (κ2) is 6.00. The van der Waals surface area contributed by atoms with Gasteiger partial charge in [0.1, 0.15) is 6.04 Å². The summed E-state index contributed by atoms with van der Waals surface area (Å²) in [6.45, 7) is 2.53. The molecule has 3 atom stereocenters. The number of carboxylic acids is 1. The summed E-state index contributed by atoms with van der Waals surface area (Å²) in [5, 5.41) is 11.4. The Balaban J connectivity index is 2.47. The van der Waals surface area contributed by atoms with E-state index in [0.717, 1.165) is 0 Å². The molecular weight excluding hydrogens is 244 g/mol. The lowest BCUT2D eigenvalue weighted by molar-refractivity contribution is -0.141. The zero-order valence-electron chi connectivity index (χ0n) is 10.0. The fraction of sp³-hybridized carbons (Fsp3) is 0.800. The highest BCUT2D eigenvalue weighted by molar-refractivity contribution is 7.84. The molecule has 0 aliphatic carbocycles. The molecule has 1 fully saturated rings. The third-order valence-corrected chi connectivity index (χ3v) is 4.21. The van der Waals surface area contributed by atoms with Crippen molar-refractivity contribution >= 4 is 22.8 Å². The summed E-state index contributed by atoms with van der Waals surface area (Å²) in [4.78, 5) is 24.0. The van der Waals surface area contributed by atoms with E-state index in [1.54, 1.807) is 13.2 Å². The molecule has 0 saturated carbocycles. The topological polar surface area (TPSA) is 86.7 Å². The Labute approximate surface area is 103 Å². The number of nitrogens with zero attached hydrogens (tertiary/aromatic N) is 1. The van der Waals surface area contributed by atoms with Crippen LogP contribution in [0.5, 0.6) is 0 Å². The Kier molecular flexibility index (Phi) is 4.92. The number of carbonyl (C=O) groups excluding carboxylic acids is 1. The Morgan fingerprint density at radius 3 is 2.76 bits per heavy atom. The number of carboxylic acid groups (broad SMARTS) is 1. The molecule has 0 spiro atoms. The summed E-state index contributed by atoms with van der Waals surface area (Å²) in [5.74, 6) is -0.968. The van der Waals surface area contributed by atoms with Gasteiger partial charge in [0.2, 0.25) is 0 Å². The van der Waals surface area contributed by atoms with Crippen molar-refractivity contribution in [1.29, 1.82) is 0 Å². The van der Waals surface area contributed by atoms with E-state index < -0.39 is 22.8 Å². The van der Waals surface area contributed by atoms with Crippen molar-refractivity contribution in [2.24, 2.45) is 0 Å². The smallest absolute Gasteiger partial charge is 0.326 e. The first-order valence-electron chi connectivity index (χ1n) is 5.53. The second-order valence-electron chi connectivity index (χ2n) is 4.18. The van der Waals surface area contributed by atoms with Crippen LogP contribution < -0.4 is 5.32 Å². The average Bonchev–Trinajstić information content (AvgIpc) is 2.73. The molecule has 1 aliphatic rings. The maximum Gasteiger partial charge on any atom is 0.326 e. The fourth-order valence-electron chi connectivity index (χ4n) is 1.72. The van der Waals surface area contributed by atoms with Gasteiger partial charge in [-0.25, -0.2) is 9.59 Å². The van der Waals surface area contributed by atoms with Gasteiger partial charge in [-0.15, -0.1) is 0 Å². The average molecular weight is 262 g/mol. The normalized spacial score (nSPS) is 23.2. The number of urea groups is 1. The van der Waals surface area contributed by atoms with E-state index in [1.807, 2.05) is 0 Å². The van der Waals surface area contributed by atoms with Crippen LogP contribution in [0.1, 0.15) is 19.8 Å². The second-order valence-corrected chi connectivity index (χ2v) is 5.99. The molecule has 7 heteroatoms. The molecule has 2 unspecified atom stereocenters. The molecule has 1 aliphatic heterocycles. The minimum atomic E-state index is -0.995. The van der Waals surface area contributed by atoms with Gasteiger partial charge in [-0.3, -0.25) is 4.21 Å². The van der Waals surface area contributed by atoms with Gasteiger partial charge in [-0.2, -0.15) is 0 Å². The maximum absolute atomic E-state index is 11.7. The highest BCUT2D eigenvalue weighted by atomic mass is 32.2. The van der Waals surface area contributed by atoms with E-state index in [-0.39, 0.29) is 11.3 Å². The molecule has 1 saturated heterocycles. The molecule has 0 aromatic rings. The van der Waals surface area contributed by atoms with Crippen LogP contribution in [0.3, 0.4) is 0 Å². The molecule has 2 N–H and O–H groups in total. The highest BCUT2D eigenvalue weighted by Crippen LogP contribution is 2.17. The minimum Gasteiger partial charge on any atom is -0.480 e. The lowest BCUT2D eigenvalue weighted by Gasteiger charge is -2.22. The Morgan fingerprint density at radius 2 is 2.24 bits per heavy atom. The lowest BCUT2D eigenvalue weighted by Crippen LogP contribution is -2.47. The molecule has 1 rings (SSSR count). The lowest BCUT2D eigenvalue weighted by atomic mass is 10.2. The van der Waals surface area contributed by atoms with Crippen molar-refractivity contribution in [3.63, 3.8) is 0 Å². The van der Waals surface area contributed by atoms with Crippen LogP contribution in [0.15, 0.2) is 0 Å². The Hall–Kier alpha value is -1.11. The van der Waals surface area contributed by atoms with Gasteiger partial charge in [-0.05, 0) is 19.8 Å². The number of nitrogens with one attached hydrogen (secondary N) is 1. The minimum absolute atomic E-state index is 0.134. The van der Waals surface area contributed by atoms with Gasteiger partial charge in [-0.1, -0.05) is 0 Å². The third-order valence-electron chi connectivity index (χ3n) is 2.91. The highest BCUT2D eigenvalue weighted by Gasteiger charge is 2.33. The van der Waals surface area contributed by atoms with Crippen molar-refractivity contribution in [3.8, 4) is 0 Å². The third kappa shape index (κ3) is 3.69. The van der Waals surface area contributed by atoms with Gasteiger partial charge in [0.25, 0.3) is 0 Å². The van der Waals surface area contributed by atoms with Gasteiger partial charge < -0.3 is 15.3 Å². The summed E-state index contributed by atoms with van der Waals surface area (Å²) < 4.78 is 11.1. The summed E-state index contributed by atoms with van der Waals surface area (Å²) in [6, 6.07) is -1.11. The summed E-state index contributed by atoms with van der Waals surface area (Å²) in [7, 11) is -0.995. The number of carbonyl (C=O) groups is 2. The van der Waals surface area contributed by atoms with E-state index >= 15 is 0 Å². The number of rotatable bonds is 4. The Morgan fingerprint density at radius 1 is 1.59 bits per heavy atom. The van der Waals surface area contributed by atoms with Crippen LogP contribution in [-0.2, 0) is 15.6 Å². The van der Waals surface area contributed by atoms with E-state index in [9.17, 15) is 13.8 Å². The zero-order chi connectivity index (χ0) is 13.0. The molecule has 6 nitrogen and oxygen atoms in total. The van der Waals surface area contributed by atoms with E-state index in [4.69, 9.17) is 5.11 Å². The van der Waals surface area contributed by atoms with Crippen LogP contribution in [0, 0.1) is 0 Å². The number of aliphatic carboxylic acids is 1. The number of amides is 2. The predicted octanol–water partition coefficient (Wildman–Crippen LogP) is 0.0120. The van der Waals surface area contributed by atoms with Crippen LogP contribution in [0.2, 0.25) is 0 Å². The van der Waals surface area contributed by atoms with Crippen molar-refractivity contribution in [3.05, 3.63) is 0 Å². The first-order chi connectivity index (χ1) is 7.93.